The molecule has 8 heterocycles. The first-order chi connectivity index (χ1) is 56.6. The predicted molar refractivity (Wildman–Crippen MR) is 486 cm³/mol. The molecule has 118 heavy (non-hydrogen) atoms. The number of nitrogens with zero attached hydrogens (tertiary/aromatic N) is 12. The van der Waals surface area contributed by atoms with E-state index in [0.29, 0.717) is 11.8 Å². The highest BCUT2D eigenvalue weighted by Crippen LogP contribution is 2.43. The van der Waals surface area contributed by atoms with Crippen LogP contribution in [0.3, 0.4) is 0 Å². The summed E-state index contributed by atoms with van der Waals surface area (Å²) in [6.07, 6.45) is 19.0. The zero-order chi connectivity index (χ0) is 83.8. The molecule has 0 saturated heterocycles. The summed E-state index contributed by atoms with van der Waals surface area (Å²) < 4.78 is 17.8. The van der Waals surface area contributed by atoms with Gasteiger partial charge in [0, 0.05) is 138 Å². The lowest BCUT2D eigenvalue weighted by Gasteiger charge is -2.20. The van der Waals surface area contributed by atoms with Gasteiger partial charge in [0.05, 0.1) is 28.3 Å². The molecule has 2 aliphatic carbocycles. The Balaban J connectivity index is 0.000000130. The van der Waals surface area contributed by atoms with Crippen molar-refractivity contribution in [2.45, 2.75) is 161 Å². The van der Waals surface area contributed by atoms with E-state index < -0.39 is 0 Å². The fourth-order valence-electron chi connectivity index (χ4n) is 18.4. The number of aryl methyl sites for hydroxylation is 13. The summed E-state index contributed by atoms with van der Waals surface area (Å²) in [6, 6.07) is 66.0. The van der Waals surface area contributed by atoms with Crippen LogP contribution in [-0.2, 0) is 82.1 Å². The van der Waals surface area contributed by atoms with Crippen LogP contribution in [0.4, 0.5) is 0 Å². The van der Waals surface area contributed by atoms with E-state index in [-0.39, 0.29) is 0 Å². The Morgan fingerprint density at radius 2 is 0.746 bits per heavy atom. The predicted octanol–water partition coefficient (Wildman–Crippen LogP) is 22.3. The number of hydrogen-bond donors (Lipinski definition) is 0. The summed E-state index contributed by atoms with van der Waals surface area (Å²) in [6.45, 7) is 33.0. The summed E-state index contributed by atoms with van der Waals surface area (Å²) in [4.78, 5) is 19.7. The van der Waals surface area contributed by atoms with Crippen molar-refractivity contribution in [3.63, 3.8) is 0 Å². The largest absolute Gasteiger partial charge is 0.334 e. The summed E-state index contributed by atoms with van der Waals surface area (Å²) >= 11 is 0. The molecule has 0 N–H and O–H groups in total. The molecule has 0 amide bonds. The number of imidazole rings is 4. The number of pyridine rings is 4. The third-order valence-electron chi connectivity index (χ3n) is 25.2. The second-order valence-electron chi connectivity index (χ2n) is 33.8. The van der Waals surface area contributed by atoms with E-state index in [1.165, 1.54) is 204 Å². The highest BCUT2D eigenvalue weighted by molar-refractivity contribution is 5.85. The minimum atomic E-state index is 0.466. The highest BCUT2D eigenvalue weighted by atomic mass is 15.1. The maximum Gasteiger partial charge on any atom is 0.213 e. The molecule has 600 valence electrons. The van der Waals surface area contributed by atoms with E-state index in [4.69, 9.17) is 19.9 Å². The Labute approximate surface area is 701 Å². The molecule has 0 bridgehead atoms. The van der Waals surface area contributed by atoms with Gasteiger partial charge >= 0.3 is 0 Å². The third-order valence-corrected chi connectivity index (χ3v) is 25.2. The average molecular weight is 1560 g/mol. The SMILES string of the molecule is Cc1c(-c2nc3c(n2C)CCC3)cccc1-c1cccc[n+]1C.Cc1cccc(C)c1-c1cc(-c2nc3c(n2C)CCCC3)c(C)c(-c2cccc[n+]2C)c1.Cc1cccc(C)c1-c1ccc(-c2cccc(-c3nc(C)c(C)n3C)c2C)[n+](C)c1.Cc1cn(C)c(-c2cccc(-c3cc(-c4c(C(C)C)cccc4C(C)C)cc[n+]3C)c2C)n1. The number of hydrogen-bond acceptors (Lipinski definition) is 4. The lowest BCUT2D eigenvalue weighted by Crippen LogP contribution is -2.31. The molecule has 0 spiro atoms. The van der Waals surface area contributed by atoms with Crippen LogP contribution in [0.5, 0.6) is 0 Å². The van der Waals surface area contributed by atoms with Gasteiger partial charge in [0.2, 0.25) is 22.8 Å². The number of rotatable bonds is 13. The Morgan fingerprint density at radius 1 is 0.322 bits per heavy atom. The van der Waals surface area contributed by atoms with Gasteiger partial charge in [-0.3, -0.25) is 0 Å². The molecule has 2 aliphatic rings. The molecule has 12 heteroatoms. The van der Waals surface area contributed by atoms with Crippen LogP contribution in [0, 0.1) is 76.2 Å². The van der Waals surface area contributed by atoms with Crippen molar-refractivity contribution in [3.8, 4) is 124 Å². The van der Waals surface area contributed by atoms with Gasteiger partial charge in [-0.15, -0.1) is 0 Å². The van der Waals surface area contributed by atoms with Crippen molar-refractivity contribution in [1.82, 2.24) is 38.2 Å². The van der Waals surface area contributed by atoms with Crippen molar-refractivity contribution in [2.24, 2.45) is 56.4 Å². The van der Waals surface area contributed by atoms with Crippen LogP contribution in [0.2, 0.25) is 0 Å². The van der Waals surface area contributed by atoms with Crippen molar-refractivity contribution in [1.29, 1.82) is 0 Å². The topological polar surface area (TPSA) is 86.8 Å². The van der Waals surface area contributed by atoms with Gasteiger partial charge in [-0.2, -0.15) is 0 Å². The fraction of sp³-hybridized carbons (Fsp3) is 0.302. The highest BCUT2D eigenvalue weighted by Gasteiger charge is 2.29. The molecule has 8 aromatic heterocycles. The Morgan fingerprint density at radius 3 is 1.24 bits per heavy atom. The second kappa shape index (κ2) is 34.7. The zero-order valence-corrected chi connectivity index (χ0v) is 74.2. The Kier molecular flexibility index (Phi) is 24.2. The van der Waals surface area contributed by atoms with E-state index in [9.17, 15) is 0 Å². The molecule has 0 radical (unpaired) electrons. The monoisotopic (exact) mass is 1560 g/mol. The van der Waals surface area contributed by atoms with E-state index in [1.807, 2.05) is 6.92 Å². The van der Waals surface area contributed by atoms with Gasteiger partial charge < -0.3 is 18.3 Å². The molecule has 0 unspecified atom stereocenters. The van der Waals surface area contributed by atoms with Crippen molar-refractivity contribution in [2.75, 3.05) is 0 Å². The molecule has 7 aromatic carbocycles. The molecule has 0 aliphatic heterocycles. The fourth-order valence-corrected chi connectivity index (χ4v) is 18.4. The quantitative estimate of drug-likeness (QED) is 0.108. The molecule has 0 atom stereocenters. The van der Waals surface area contributed by atoms with Gasteiger partial charge in [-0.1, -0.05) is 119 Å². The van der Waals surface area contributed by atoms with Crippen LogP contribution in [-0.4, -0.2) is 38.2 Å². The molecule has 0 fully saturated rings. The molecular formula is C106H120N12+4. The first-order valence-corrected chi connectivity index (χ1v) is 42.3. The maximum atomic E-state index is 5.17. The van der Waals surface area contributed by atoms with Gasteiger partial charge in [0.15, 0.2) is 24.8 Å². The zero-order valence-electron chi connectivity index (χ0n) is 74.2. The average Bonchev–Trinajstić information content (AvgIpc) is 1.38. The molecular weight excluding hydrogens is 1440 g/mol. The lowest BCUT2D eigenvalue weighted by atomic mass is 9.85. The summed E-state index contributed by atoms with van der Waals surface area (Å²) in [5.74, 6) is 5.17. The standard InChI is InChI=1S/C30H36N3.C29H32N3.C27H30N3.C20H22N3/c1-19(2)24-11-9-12-25(20(3)4)29(24)23-15-16-32(7)28(17-23)26-13-10-14-27(22(26)6)30-31-21(5)18-33(30)8;1-19-11-10-12-20(2)28(19)22-17-23(26-14-8-9-16-31(26)4)21(3)24(18-22)29-30-25-13-6-7-15-27(25)32(29)5;1-17-10-8-11-18(2)26(17)22-14-15-25(29(6)16-22)23-12-9-13-24(19(23)3)27-28-20(4)21(5)30(27)7;1-14-15(18-11-4-5-13-22(18)2)8-6-9-16(14)20-21-17-10-7-12-19(17)23(20)3/h9-20H,1-8H3;8-12,14,16-18H,6-7,13,15H2,1-5H3;8-16H,1-7H3;4-6,8-9,11,13H,7,10,12H2,1-3H3/q4*+1. The summed E-state index contributed by atoms with van der Waals surface area (Å²) in [5, 5.41) is 0. The van der Waals surface area contributed by atoms with Crippen LogP contribution in [0.1, 0.15) is 154 Å². The normalized spacial score (nSPS) is 12.3. The first kappa shape index (κ1) is 82.5. The van der Waals surface area contributed by atoms with E-state index in [0.717, 1.165) is 60.4 Å². The molecule has 12 nitrogen and oxygen atoms in total. The van der Waals surface area contributed by atoms with E-state index in [2.05, 4.69) is 403 Å². The van der Waals surface area contributed by atoms with Crippen LogP contribution in [0.25, 0.3) is 124 Å². The minimum Gasteiger partial charge on any atom is -0.334 e. The number of fused-ring (bicyclic) bond motifs is 2. The summed E-state index contributed by atoms with van der Waals surface area (Å²) in [7, 11) is 17.0. The maximum absolute atomic E-state index is 5.17. The van der Waals surface area contributed by atoms with Gasteiger partial charge in [0.1, 0.15) is 51.5 Å². The van der Waals surface area contributed by atoms with Crippen molar-refractivity contribution in [3.05, 3.63) is 308 Å². The minimum absolute atomic E-state index is 0.466. The Hall–Kier alpha value is -12.0. The molecule has 15 aromatic rings. The van der Waals surface area contributed by atoms with E-state index in [1.54, 1.807) is 0 Å². The first-order valence-electron chi connectivity index (χ1n) is 42.3. The van der Waals surface area contributed by atoms with E-state index >= 15 is 0 Å². The lowest BCUT2D eigenvalue weighted by molar-refractivity contribution is -0.660. The van der Waals surface area contributed by atoms with Gasteiger partial charge in [-0.25, -0.2) is 38.2 Å². The number of aromatic nitrogens is 12. The second-order valence-corrected chi connectivity index (χ2v) is 33.8. The Bertz CT molecular complexity index is 6230. The van der Waals surface area contributed by atoms with Gasteiger partial charge in [-0.05, 0) is 265 Å². The third kappa shape index (κ3) is 16.2. The van der Waals surface area contributed by atoms with Crippen molar-refractivity contribution >= 4 is 0 Å². The number of benzene rings is 7. The summed E-state index contributed by atoms with van der Waals surface area (Å²) in [5.41, 5.74) is 44.4. The van der Waals surface area contributed by atoms with Crippen LogP contribution < -0.4 is 18.3 Å². The van der Waals surface area contributed by atoms with Crippen LogP contribution >= 0.6 is 0 Å². The van der Waals surface area contributed by atoms with Crippen LogP contribution in [0.15, 0.2) is 213 Å². The van der Waals surface area contributed by atoms with Crippen molar-refractivity contribution < 1.29 is 18.3 Å². The molecule has 17 rings (SSSR count). The van der Waals surface area contributed by atoms with Gasteiger partial charge in [0.25, 0.3) is 0 Å². The molecule has 0 saturated carbocycles. The smallest absolute Gasteiger partial charge is 0.213 e.